The van der Waals surface area contributed by atoms with Crippen molar-refractivity contribution in [1.29, 1.82) is 0 Å². The van der Waals surface area contributed by atoms with Gasteiger partial charge in [-0.1, -0.05) is 25.7 Å². The Hall–Kier alpha value is -0.610. The first-order valence-electron chi connectivity index (χ1n) is 6.79. The molecule has 18 heavy (non-hydrogen) atoms. The zero-order valence-corrected chi connectivity index (χ0v) is 12.6. The molecule has 1 aromatic heterocycles. The largest absolute Gasteiger partial charge is 0.356 e. The molecular formula is C14H22BrN3. The van der Waals surface area contributed by atoms with Gasteiger partial charge in [0.05, 0.1) is 0 Å². The second kappa shape index (κ2) is 6.53. The second-order valence-corrected chi connectivity index (χ2v) is 6.01. The molecule has 0 radical (unpaired) electrons. The number of pyridine rings is 1. The van der Waals surface area contributed by atoms with E-state index in [0.717, 1.165) is 15.9 Å². The molecule has 1 saturated carbocycles. The maximum atomic E-state index is 5.83. The standard InChI is InChI=1S/C14H22BrN3/c1-18(13-6-4-2-3-5-7-13)14-11(9-16)8-12(15)10-17-14/h8,10,13H,2-7,9,16H2,1H3. The minimum atomic E-state index is 0.541. The Morgan fingerprint density at radius 3 is 2.61 bits per heavy atom. The summed E-state index contributed by atoms with van der Waals surface area (Å²) in [4.78, 5) is 6.89. The van der Waals surface area contributed by atoms with E-state index in [2.05, 4.69) is 38.9 Å². The molecule has 4 heteroatoms. The van der Waals surface area contributed by atoms with Gasteiger partial charge in [-0.25, -0.2) is 4.98 Å². The first kappa shape index (κ1) is 13.8. The molecule has 3 nitrogen and oxygen atoms in total. The number of hydrogen-bond donors (Lipinski definition) is 1. The average molecular weight is 312 g/mol. The number of rotatable bonds is 3. The van der Waals surface area contributed by atoms with E-state index in [1.807, 2.05) is 6.20 Å². The van der Waals surface area contributed by atoms with Crippen LogP contribution in [0.25, 0.3) is 0 Å². The molecule has 0 bridgehead atoms. The molecule has 100 valence electrons. The first-order chi connectivity index (χ1) is 8.72. The van der Waals surface area contributed by atoms with Gasteiger partial charge in [0.1, 0.15) is 5.82 Å². The summed E-state index contributed by atoms with van der Waals surface area (Å²) in [6.07, 6.45) is 9.84. The lowest BCUT2D eigenvalue weighted by Crippen LogP contribution is -2.32. The second-order valence-electron chi connectivity index (χ2n) is 5.10. The number of nitrogens with two attached hydrogens (primary N) is 1. The summed E-state index contributed by atoms with van der Waals surface area (Å²) >= 11 is 3.46. The Labute approximate surface area is 118 Å². The summed E-state index contributed by atoms with van der Waals surface area (Å²) in [5, 5.41) is 0. The van der Waals surface area contributed by atoms with Crippen LogP contribution in [-0.4, -0.2) is 18.1 Å². The molecule has 0 aliphatic heterocycles. The fraction of sp³-hybridized carbons (Fsp3) is 0.643. The summed E-state index contributed by atoms with van der Waals surface area (Å²) < 4.78 is 1.00. The van der Waals surface area contributed by atoms with E-state index < -0.39 is 0 Å². The van der Waals surface area contributed by atoms with Gasteiger partial charge in [0, 0.05) is 35.9 Å². The van der Waals surface area contributed by atoms with E-state index in [0.29, 0.717) is 12.6 Å². The topological polar surface area (TPSA) is 42.2 Å². The van der Waals surface area contributed by atoms with Crippen LogP contribution in [0.15, 0.2) is 16.7 Å². The quantitative estimate of drug-likeness (QED) is 0.869. The van der Waals surface area contributed by atoms with E-state index in [1.54, 1.807) is 0 Å². The first-order valence-corrected chi connectivity index (χ1v) is 7.59. The molecule has 1 fully saturated rings. The lowest BCUT2D eigenvalue weighted by molar-refractivity contribution is 0.547. The molecular weight excluding hydrogens is 290 g/mol. The van der Waals surface area contributed by atoms with Gasteiger partial charge in [0.15, 0.2) is 0 Å². The molecule has 2 rings (SSSR count). The Kier molecular flexibility index (Phi) is 5.01. The molecule has 1 aliphatic carbocycles. The Morgan fingerprint density at radius 2 is 2.00 bits per heavy atom. The monoisotopic (exact) mass is 311 g/mol. The van der Waals surface area contributed by atoms with Crippen LogP contribution in [0, 0.1) is 0 Å². The fourth-order valence-corrected chi connectivity index (χ4v) is 3.14. The highest BCUT2D eigenvalue weighted by atomic mass is 79.9. The van der Waals surface area contributed by atoms with Gasteiger partial charge in [-0.2, -0.15) is 0 Å². The normalized spacial score (nSPS) is 17.5. The SMILES string of the molecule is CN(c1ncc(Br)cc1CN)C1CCCCCC1. The third kappa shape index (κ3) is 3.23. The van der Waals surface area contributed by atoms with Crippen LogP contribution in [0.1, 0.15) is 44.1 Å². The van der Waals surface area contributed by atoms with Crippen LogP contribution in [0.2, 0.25) is 0 Å². The molecule has 1 aromatic rings. The molecule has 0 spiro atoms. The number of nitrogens with zero attached hydrogens (tertiary/aromatic N) is 2. The van der Waals surface area contributed by atoms with Gasteiger partial charge in [-0.3, -0.25) is 0 Å². The van der Waals surface area contributed by atoms with Crippen molar-refractivity contribution in [2.45, 2.75) is 51.1 Å². The molecule has 1 heterocycles. The van der Waals surface area contributed by atoms with E-state index in [4.69, 9.17) is 5.73 Å². The van der Waals surface area contributed by atoms with Gasteiger partial charge in [-0.15, -0.1) is 0 Å². The van der Waals surface area contributed by atoms with E-state index >= 15 is 0 Å². The summed E-state index contributed by atoms with van der Waals surface area (Å²) in [5.74, 6) is 1.05. The number of hydrogen-bond acceptors (Lipinski definition) is 3. The predicted octanol–water partition coefficient (Wildman–Crippen LogP) is 3.46. The summed E-state index contributed by atoms with van der Waals surface area (Å²) in [6, 6.07) is 2.70. The molecule has 0 atom stereocenters. The van der Waals surface area contributed by atoms with Crippen LogP contribution in [0.5, 0.6) is 0 Å². The lowest BCUT2D eigenvalue weighted by Gasteiger charge is -2.29. The fourth-order valence-electron chi connectivity index (χ4n) is 2.76. The molecule has 0 amide bonds. The third-order valence-corrected chi connectivity index (χ3v) is 4.27. The van der Waals surface area contributed by atoms with E-state index in [1.165, 1.54) is 38.5 Å². The Bertz CT molecular complexity index is 387. The zero-order chi connectivity index (χ0) is 13.0. The molecule has 0 aromatic carbocycles. The number of anilines is 1. The van der Waals surface area contributed by atoms with Gasteiger partial charge >= 0.3 is 0 Å². The lowest BCUT2D eigenvalue weighted by atomic mass is 10.1. The molecule has 1 aliphatic rings. The number of halogens is 1. The highest BCUT2D eigenvalue weighted by Crippen LogP contribution is 2.27. The van der Waals surface area contributed by atoms with Crippen molar-refractivity contribution in [2.75, 3.05) is 11.9 Å². The van der Waals surface area contributed by atoms with Crippen LogP contribution < -0.4 is 10.6 Å². The average Bonchev–Trinajstić information content (AvgIpc) is 2.66. The van der Waals surface area contributed by atoms with Gasteiger partial charge < -0.3 is 10.6 Å². The van der Waals surface area contributed by atoms with Crippen LogP contribution in [0.4, 0.5) is 5.82 Å². The maximum absolute atomic E-state index is 5.83. The van der Waals surface area contributed by atoms with Crippen molar-refractivity contribution in [2.24, 2.45) is 5.73 Å². The van der Waals surface area contributed by atoms with Crippen molar-refractivity contribution in [3.63, 3.8) is 0 Å². The Morgan fingerprint density at radius 1 is 1.33 bits per heavy atom. The van der Waals surface area contributed by atoms with Crippen molar-refractivity contribution in [1.82, 2.24) is 4.98 Å². The zero-order valence-electron chi connectivity index (χ0n) is 11.0. The smallest absolute Gasteiger partial charge is 0.133 e. The predicted molar refractivity (Wildman–Crippen MR) is 79.7 cm³/mol. The minimum Gasteiger partial charge on any atom is -0.356 e. The third-order valence-electron chi connectivity index (χ3n) is 3.84. The van der Waals surface area contributed by atoms with Crippen LogP contribution in [-0.2, 0) is 6.54 Å². The van der Waals surface area contributed by atoms with Gasteiger partial charge in [0.2, 0.25) is 0 Å². The van der Waals surface area contributed by atoms with Gasteiger partial charge in [-0.05, 0) is 34.8 Å². The highest BCUT2D eigenvalue weighted by Gasteiger charge is 2.20. The van der Waals surface area contributed by atoms with Crippen molar-refractivity contribution < 1.29 is 0 Å². The van der Waals surface area contributed by atoms with Crippen molar-refractivity contribution in [3.8, 4) is 0 Å². The minimum absolute atomic E-state index is 0.541. The molecule has 0 saturated heterocycles. The van der Waals surface area contributed by atoms with Crippen LogP contribution >= 0.6 is 15.9 Å². The van der Waals surface area contributed by atoms with E-state index in [-0.39, 0.29) is 0 Å². The molecule has 2 N–H and O–H groups in total. The van der Waals surface area contributed by atoms with Crippen LogP contribution in [0.3, 0.4) is 0 Å². The van der Waals surface area contributed by atoms with E-state index in [9.17, 15) is 0 Å². The summed E-state index contributed by atoms with van der Waals surface area (Å²) in [7, 11) is 2.16. The van der Waals surface area contributed by atoms with Gasteiger partial charge in [0.25, 0.3) is 0 Å². The Balaban J connectivity index is 2.18. The van der Waals surface area contributed by atoms with Crippen molar-refractivity contribution >= 4 is 21.7 Å². The maximum Gasteiger partial charge on any atom is 0.133 e. The summed E-state index contributed by atoms with van der Waals surface area (Å²) in [5.41, 5.74) is 6.95. The van der Waals surface area contributed by atoms with Crippen molar-refractivity contribution in [3.05, 3.63) is 22.3 Å². The highest BCUT2D eigenvalue weighted by molar-refractivity contribution is 9.10. The number of aromatic nitrogens is 1. The molecule has 0 unspecified atom stereocenters. The summed E-state index contributed by atoms with van der Waals surface area (Å²) in [6.45, 7) is 0.541.